The number of aromatic nitrogens is 1. The Kier molecular flexibility index (Phi) is 3.74. The van der Waals surface area contributed by atoms with Gasteiger partial charge in [-0.2, -0.15) is 0 Å². The zero-order valence-corrected chi connectivity index (χ0v) is 14.7. The fourth-order valence-corrected chi connectivity index (χ4v) is 3.76. The summed E-state index contributed by atoms with van der Waals surface area (Å²) in [6.45, 7) is 1.63. The van der Waals surface area contributed by atoms with Gasteiger partial charge in [-0.3, -0.25) is 0 Å². The Labute approximate surface area is 156 Å². The van der Waals surface area contributed by atoms with Crippen molar-refractivity contribution in [2.24, 2.45) is 0 Å². The van der Waals surface area contributed by atoms with Crippen molar-refractivity contribution >= 4 is 11.7 Å². The molecule has 0 saturated heterocycles. The standard InChI is InChI=1S/C21H19N3O3/c25-21(22-16-8-9-18-19(13-16)27-14-26-18)24-12-11-23-10-4-7-17(23)20(24)15-5-2-1-3-6-15/h1-10,13,20H,11-12,14H2,(H,22,25). The number of amides is 2. The van der Waals surface area contributed by atoms with Crippen molar-refractivity contribution in [3.63, 3.8) is 0 Å². The summed E-state index contributed by atoms with van der Waals surface area (Å²) in [6, 6.07) is 19.4. The van der Waals surface area contributed by atoms with E-state index in [4.69, 9.17) is 9.47 Å². The Bertz CT molecular complexity index is 983. The Morgan fingerprint density at radius 1 is 0.963 bits per heavy atom. The summed E-state index contributed by atoms with van der Waals surface area (Å²) in [5.41, 5.74) is 2.91. The van der Waals surface area contributed by atoms with Gasteiger partial charge in [0, 0.05) is 36.7 Å². The lowest BCUT2D eigenvalue weighted by Crippen LogP contribution is -2.44. The van der Waals surface area contributed by atoms with E-state index in [0.717, 1.165) is 17.8 Å². The molecule has 1 unspecified atom stereocenters. The lowest BCUT2D eigenvalue weighted by Gasteiger charge is -2.37. The van der Waals surface area contributed by atoms with Crippen LogP contribution in [0, 0.1) is 0 Å². The number of anilines is 1. The molecule has 3 heterocycles. The van der Waals surface area contributed by atoms with Crippen molar-refractivity contribution in [3.8, 4) is 11.5 Å². The van der Waals surface area contributed by atoms with Gasteiger partial charge >= 0.3 is 6.03 Å². The van der Waals surface area contributed by atoms with Gasteiger partial charge in [0.1, 0.15) is 0 Å². The Morgan fingerprint density at radius 2 is 1.81 bits per heavy atom. The maximum Gasteiger partial charge on any atom is 0.322 e. The van der Waals surface area contributed by atoms with E-state index >= 15 is 0 Å². The second-order valence-electron chi connectivity index (χ2n) is 6.63. The van der Waals surface area contributed by atoms with E-state index in [1.54, 1.807) is 6.07 Å². The summed E-state index contributed by atoms with van der Waals surface area (Å²) in [5, 5.41) is 3.01. The molecule has 136 valence electrons. The van der Waals surface area contributed by atoms with Crippen molar-refractivity contribution in [1.82, 2.24) is 9.47 Å². The largest absolute Gasteiger partial charge is 0.454 e. The molecule has 0 spiro atoms. The number of nitrogens with zero attached hydrogens (tertiary/aromatic N) is 2. The molecule has 0 radical (unpaired) electrons. The molecule has 2 aliphatic rings. The summed E-state index contributed by atoms with van der Waals surface area (Å²) < 4.78 is 12.9. The summed E-state index contributed by atoms with van der Waals surface area (Å²) >= 11 is 0. The minimum Gasteiger partial charge on any atom is -0.454 e. The normalized spacial score (nSPS) is 17.5. The molecule has 5 rings (SSSR count). The molecule has 1 N–H and O–H groups in total. The van der Waals surface area contributed by atoms with Crippen molar-refractivity contribution < 1.29 is 14.3 Å². The van der Waals surface area contributed by atoms with E-state index < -0.39 is 0 Å². The molecule has 2 aliphatic heterocycles. The minimum absolute atomic E-state index is 0.121. The molecule has 0 fully saturated rings. The third kappa shape index (κ3) is 2.79. The molecule has 6 heteroatoms. The van der Waals surface area contributed by atoms with Crippen LogP contribution in [-0.4, -0.2) is 28.8 Å². The van der Waals surface area contributed by atoms with E-state index in [2.05, 4.69) is 34.3 Å². The molecular formula is C21H19N3O3. The first-order valence-electron chi connectivity index (χ1n) is 8.97. The maximum absolute atomic E-state index is 13.1. The molecule has 1 aromatic heterocycles. The second kappa shape index (κ2) is 6.39. The molecule has 0 bridgehead atoms. The number of urea groups is 1. The summed E-state index contributed by atoms with van der Waals surface area (Å²) in [5.74, 6) is 1.35. The Hall–Kier alpha value is -3.41. The van der Waals surface area contributed by atoms with Crippen LogP contribution in [0.2, 0.25) is 0 Å². The van der Waals surface area contributed by atoms with Gasteiger partial charge in [0.25, 0.3) is 0 Å². The zero-order valence-electron chi connectivity index (χ0n) is 14.7. The first-order chi connectivity index (χ1) is 13.3. The van der Waals surface area contributed by atoms with Crippen molar-refractivity contribution in [3.05, 3.63) is 78.1 Å². The third-order valence-corrected chi connectivity index (χ3v) is 5.04. The Morgan fingerprint density at radius 3 is 2.70 bits per heavy atom. The van der Waals surface area contributed by atoms with Gasteiger partial charge in [-0.05, 0) is 29.8 Å². The van der Waals surface area contributed by atoms with E-state index in [1.165, 1.54) is 0 Å². The van der Waals surface area contributed by atoms with Crippen LogP contribution in [0.5, 0.6) is 11.5 Å². The van der Waals surface area contributed by atoms with Gasteiger partial charge in [-0.1, -0.05) is 30.3 Å². The Balaban J connectivity index is 1.45. The van der Waals surface area contributed by atoms with Crippen LogP contribution in [0.15, 0.2) is 66.9 Å². The number of carbonyl (C=O) groups excluding carboxylic acids is 1. The number of hydrogen-bond acceptors (Lipinski definition) is 3. The number of ether oxygens (including phenoxy) is 2. The first-order valence-corrected chi connectivity index (χ1v) is 8.97. The first kappa shape index (κ1) is 15.8. The second-order valence-corrected chi connectivity index (χ2v) is 6.63. The van der Waals surface area contributed by atoms with E-state index in [0.29, 0.717) is 23.7 Å². The fraction of sp³-hybridized carbons (Fsp3) is 0.190. The molecule has 2 amide bonds. The number of benzene rings is 2. The minimum atomic E-state index is -0.129. The molecule has 1 atom stereocenters. The number of rotatable bonds is 2. The fourth-order valence-electron chi connectivity index (χ4n) is 3.76. The lowest BCUT2D eigenvalue weighted by molar-refractivity contribution is 0.174. The van der Waals surface area contributed by atoms with Gasteiger partial charge in [-0.25, -0.2) is 4.79 Å². The summed E-state index contributed by atoms with van der Waals surface area (Å²) in [7, 11) is 0. The maximum atomic E-state index is 13.1. The van der Waals surface area contributed by atoms with Crippen LogP contribution in [0.25, 0.3) is 0 Å². The third-order valence-electron chi connectivity index (χ3n) is 5.04. The molecule has 6 nitrogen and oxygen atoms in total. The molecule has 0 aliphatic carbocycles. The average molecular weight is 361 g/mol. The quantitative estimate of drug-likeness (QED) is 0.754. The highest BCUT2D eigenvalue weighted by molar-refractivity contribution is 5.90. The van der Waals surface area contributed by atoms with Gasteiger partial charge < -0.3 is 24.3 Å². The zero-order chi connectivity index (χ0) is 18.2. The number of hydrogen-bond donors (Lipinski definition) is 1. The van der Waals surface area contributed by atoms with Gasteiger partial charge in [-0.15, -0.1) is 0 Å². The topological polar surface area (TPSA) is 55.7 Å². The van der Waals surface area contributed by atoms with Crippen LogP contribution in [0.4, 0.5) is 10.5 Å². The van der Waals surface area contributed by atoms with Crippen molar-refractivity contribution in [2.75, 3.05) is 18.7 Å². The highest BCUT2D eigenvalue weighted by Crippen LogP contribution is 2.36. The highest BCUT2D eigenvalue weighted by atomic mass is 16.7. The van der Waals surface area contributed by atoms with Crippen LogP contribution >= 0.6 is 0 Å². The molecule has 27 heavy (non-hydrogen) atoms. The lowest BCUT2D eigenvalue weighted by atomic mass is 10.0. The van der Waals surface area contributed by atoms with Crippen LogP contribution < -0.4 is 14.8 Å². The SMILES string of the molecule is O=C(Nc1ccc2c(c1)OCO2)N1CCn2cccc2C1c1ccccc1. The molecule has 0 saturated carbocycles. The number of fused-ring (bicyclic) bond motifs is 2. The smallest absolute Gasteiger partial charge is 0.322 e. The number of carbonyl (C=O) groups is 1. The van der Waals surface area contributed by atoms with E-state index in [9.17, 15) is 4.79 Å². The van der Waals surface area contributed by atoms with Crippen molar-refractivity contribution in [2.45, 2.75) is 12.6 Å². The predicted octanol–water partition coefficient (Wildman–Crippen LogP) is 3.85. The van der Waals surface area contributed by atoms with Crippen LogP contribution in [-0.2, 0) is 6.54 Å². The molecule has 2 aromatic carbocycles. The van der Waals surface area contributed by atoms with Crippen molar-refractivity contribution in [1.29, 1.82) is 0 Å². The van der Waals surface area contributed by atoms with Crippen LogP contribution in [0.3, 0.4) is 0 Å². The van der Waals surface area contributed by atoms with Gasteiger partial charge in [0.05, 0.1) is 6.04 Å². The van der Waals surface area contributed by atoms with E-state index in [1.807, 2.05) is 41.3 Å². The number of nitrogens with one attached hydrogen (secondary N) is 1. The molecule has 3 aromatic rings. The van der Waals surface area contributed by atoms with Gasteiger partial charge in [0.2, 0.25) is 6.79 Å². The van der Waals surface area contributed by atoms with Crippen LogP contribution in [0.1, 0.15) is 17.3 Å². The predicted molar refractivity (Wildman–Crippen MR) is 101 cm³/mol. The summed E-state index contributed by atoms with van der Waals surface area (Å²) in [4.78, 5) is 15.0. The molecular weight excluding hydrogens is 342 g/mol. The highest BCUT2D eigenvalue weighted by Gasteiger charge is 2.32. The van der Waals surface area contributed by atoms with Gasteiger partial charge in [0.15, 0.2) is 11.5 Å². The van der Waals surface area contributed by atoms with E-state index in [-0.39, 0.29) is 18.9 Å². The monoisotopic (exact) mass is 361 g/mol. The average Bonchev–Trinajstić information content (AvgIpc) is 3.36. The summed E-state index contributed by atoms with van der Waals surface area (Å²) in [6.07, 6.45) is 2.07.